The maximum atomic E-state index is 12.4. The van der Waals surface area contributed by atoms with E-state index in [2.05, 4.69) is 25.4 Å². The number of hydrazone groups is 1. The lowest BCUT2D eigenvalue weighted by atomic mass is 10.0. The molecule has 154 valence electrons. The largest absolute Gasteiger partial charge is 0.303 e. The molecule has 0 bridgehead atoms. The highest BCUT2D eigenvalue weighted by molar-refractivity contribution is 7.14. The number of ketones is 1. The number of nitrogens with one attached hydrogen (secondary N) is 1. The van der Waals surface area contributed by atoms with E-state index in [1.54, 1.807) is 18.6 Å². The monoisotopic (exact) mass is 419 g/mol. The number of hydrogen-bond donors (Lipinski definition) is 1. The lowest BCUT2D eigenvalue weighted by Gasteiger charge is -2.13. The van der Waals surface area contributed by atoms with Crippen molar-refractivity contribution in [3.63, 3.8) is 0 Å². The Morgan fingerprint density at radius 1 is 1.20 bits per heavy atom. The molecule has 7 heteroatoms. The van der Waals surface area contributed by atoms with Crippen LogP contribution in [-0.2, 0) is 0 Å². The van der Waals surface area contributed by atoms with E-state index in [-0.39, 0.29) is 5.78 Å². The maximum absolute atomic E-state index is 12.4. The Morgan fingerprint density at radius 2 is 2.03 bits per heavy atom. The molecular formula is C23H25N5OS. The van der Waals surface area contributed by atoms with E-state index in [1.807, 2.05) is 41.8 Å². The van der Waals surface area contributed by atoms with E-state index in [0.29, 0.717) is 11.6 Å². The second kappa shape index (κ2) is 10.2. The number of carbonyl (C=O) groups is 1. The molecule has 0 saturated carbocycles. The molecule has 1 N–H and O–H groups in total. The molecule has 0 spiro atoms. The van der Waals surface area contributed by atoms with Gasteiger partial charge in [0.15, 0.2) is 5.78 Å². The third-order valence-electron chi connectivity index (χ3n) is 5.14. The maximum Gasteiger partial charge on any atom is 0.203 e. The van der Waals surface area contributed by atoms with Crippen molar-refractivity contribution in [2.24, 2.45) is 5.10 Å². The minimum absolute atomic E-state index is 0.214. The second-order valence-corrected chi connectivity index (χ2v) is 8.21. The van der Waals surface area contributed by atoms with Gasteiger partial charge >= 0.3 is 0 Å². The molecule has 1 fully saturated rings. The summed E-state index contributed by atoms with van der Waals surface area (Å²) in [6.45, 7) is 3.39. The van der Waals surface area contributed by atoms with Crippen LogP contribution in [0.2, 0.25) is 0 Å². The number of rotatable bonds is 9. The Kier molecular flexibility index (Phi) is 6.95. The van der Waals surface area contributed by atoms with Crippen molar-refractivity contribution < 1.29 is 4.79 Å². The minimum Gasteiger partial charge on any atom is -0.303 e. The molecule has 1 aliphatic rings. The highest BCUT2D eigenvalue weighted by atomic mass is 32.1. The van der Waals surface area contributed by atoms with Crippen molar-refractivity contribution in [3.8, 4) is 11.3 Å². The number of Topliss-reactive ketones (excluding diaryl/α,β-unsaturated/α-hetero) is 1. The van der Waals surface area contributed by atoms with Crippen LogP contribution in [0, 0.1) is 0 Å². The standard InChI is InChI=1S/C23H25N5OS/c29-22(6-4-14-28-12-1-2-13-28)20-9-7-19(8-10-20)21-17-30-23(26-21)27-25-16-18-5-3-11-24-15-18/h3,5,7-11,15-17H,1-2,4,6,12-14H2,(H,26,27)/b25-16+. The van der Waals surface area contributed by atoms with Crippen LogP contribution in [0.1, 0.15) is 41.6 Å². The molecule has 1 saturated heterocycles. The zero-order chi connectivity index (χ0) is 20.6. The summed E-state index contributed by atoms with van der Waals surface area (Å²) in [5, 5.41) is 6.89. The third kappa shape index (κ3) is 5.58. The van der Waals surface area contributed by atoms with Crippen LogP contribution in [0.3, 0.4) is 0 Å². The predicted molar refractivity (Wildman–Crippen MR) is 122 cm³/mol. The van der Waals surface area contributed by atoms with Gasteiger partial charge in [0, 0.05) is 40.9 Å². The first-order valence-corrected chi connectivity index (χ1v) is 11.2. The number of aromatic nitrogens is 2. The molecule has 4 rings (SSSR count). The molecule has 6 nitrogen and oxygen atoms in total. The number of anilines is 1. The Bertz CT molecular complexity index is 978. The molecule has 0 atom stereocenters. The van der Waals surface area contributed by atoms with Gasteiger partial charge < -0.3 is 4.90 Å². The van der Waals surface area contributed by atoms with Gasteiger partial charge in [-0.25, -0.2) is 4.98 Å². The predicted octanol–water partition coefficient (Wildman–Crippen LogP) is 4.71. The van der Waals surface area contributed by atoms with Crippen molar-refractivity contribution >= 4 is 28.5 Å². The van der Waals surface area contributed by atoms with E-state index in [1.165, 1.54) is 37.3 Å². The molecule has 1 aromatic carbocycles. The molecule has 3 heterocycles. The van der Waals surface area contributed by atoms with Crippen LogP contribution in [0.25, 0.3) is 11.3 Å². The molecular weight excluding hydrogens is 394 g/mol. The highest BCUT2D eigenvalue weighted by Gasteiger charge is 2.12. The zero-order valence-corrected chi connectivity index (χ0v) is 17.6. The zero-order valence-electron chi connectivity index (χ0n) is 16.8. The highest BCUT2D eigenvalue weighted by Crippen LogP contribution is 2.25. The van der Waals surface area contributed by atoms with Gasteiger partial charge in [-0.2, -0.15) is 5.10 Å². The van der Waals surface area contributed by atoms with Gasteiger partial charge in [-0.05, 0) is 45.0 Å². The van der Waals surface area contributed by atoms with Gasteiger partial charge in [-0.15, -0.1) is 11.3 Å². The minimum atomic E-state index is 0.214. The quantitative estimate of drug-likeness (QED) is 0.309. The van der Waals surface area contributed by atoms with Gasteiger partial charge in [0.25, 0.3) is 0 Å². The average Bonchev–Trinajstić information content (AvgIpc) is 3.47. The summed E-state index contributed by atoms with van der Waals surface area (Å²) < 4.78 is 0. The topological polar surface area (TPSA) is 70.5 Å². The molecule has 3 aromatic rings. The Hall–Kier alpha value is -2.90. The fraction of sp³-hybridized carbons (Fsp3) is 0.304. The van der Waals surface area contributed by atoms with Crippen LogP contribution in [-0.4, -0.2) is 46.5 Å². The molecule has 1 aliphatic heterocycles. The van der Waals surface area contributed by atoms with E-state index in [4.69, 9.17) is 0 Å². The first-order valence-electron chi connectivity index (χ1n) is 10.3. The van der Waals surface area contributed by atoms with Crippen molar-refractivity contribution in [2.75, 3.05) is 25.1 Å². The second-order valence-electron chi connectivity index (χ2n) is 7.35. The van der Waals surface area contributed by atoms with Crippen molar-refractivity contribution in [1.82, 2.24) is 14.9 Å². The fourth-order valence-corrected chi connectivity index (χ4v) is 4.18. The van der Waals surface area contributed by atoms with Crippen molar-refractivity contribution in [3.05, 3.63) is 65.3 Å². The molecule has 0 unspecified atom stereocenters. The van der Waals surface area contributed by atoms with E-state index in [9.17, 15) is 4.79 Å². The van der Waals surface area contributed by atoms with Gasteiger partial charge in [-0.1, -0.05) is 30.3 Å². The SMILES string of the molecule is O=C(CCCN1CCCC1)c1ccc(-c2csc(N/N=C/c3cccnc3)n2)cc1. The Morgan fingerprint density at radius 3 is 2.80 bits per heavy atom. The first kappa shape index (κ1) is 20.4. The van der Waals surface area contributed by atoms with Crippen LogP contribution in [0.15, 0.2) is 59.3 Å². The smallest absolute Gasteiger partial charge is 0.203 e. The van der Waals surface area contributed by atoms with Crippen LogP contribution in [0.4, 0.5) is 5.13 Å². The summed E-state index contributed by atoms with van der Waals surface area (Å²) in [7, 11) is 0. The number of pyridine rings is 1. The van der Waals surface area contributed by atoms with E-state index in [0.717, 1.165) is 35.3 Å². The summed E-state index contributed by atoms with van der Waals surface area (Å²) in [5.41, 5.74) is 6.50. The lowest BCUT2D eigenvalue weighted by Crippen LogP contribution is -2.21. The van der Waals surface area contributed by atoms with Crippen molar-refractivity contribution in [1.29, 1.82) is 0 Å². The normalized spacial score (nSPS) is 14.4. The number of likely N-dealkylation sites (tertiary alicyclic amines) is 1. The van der Waals surface area contributed by atoms with Gasteiger partial charge in [0.2, 0.25) is 5.13 Å². The van der Waals surface area contributed by atoms with Crippen molar-refractivity contribution in [2.45, 2.75) is 25.7 Å². The molecule has 0 amide bonds. The van der Waals surface area contributed by atoms with E-state index < -0.39 is 0 Å². The summed E-state index contributed by atoms with van der Waals surface area (Å²) in [4.78, 5) is 23.5. The third-order valence-corrected chi connectivity index (χ3v) is 5.89. The number of thiazole rings is 1. The van der Waals surface area contributed by atoms with Crippen LogP contribution >= 0.6 is 11.3 Å². The van der Waals surface area contributed by atoms with Gasteiger partial charge in [0.1, 0.15) is 0 Å². The summed E-state index contributed by atoms with van der Waals surface area (Å²) in [5.74, 6) is 0.214. The fourth-order valence-electron chi connectivity index (χ4n) is 3.51. The van der Waals surface area contributed by atoms with Gasteiger partial charge in [-0.3, -0.25) is 15.2 Å². The van der Waals surface area contributed by atoms with Crippen LogP contribution in [0.5, 0.6) is 0 Å². The lowest BCUT2D eigenvalue weighted by molar-refractivity contribution is 0.0976. The van der Waals surface area contributed by atoms with Gasteiger partial charge in [0.05, 0.1) is 11.9 Å². The summed E-state index contributed by atoms with van der Waals surface area (Å²) in [6, 6.07) is 11.5. The van der Waals surface area contributed by atoms with Crippen LogP contribution < -0.4 is 5.43 Å². The first-order chi connectivity index (χ1) is 14.8. The Labute approximate surface area is 180 Å². The number of nitrogens with zero attached hydrogens (tertiary/aromatic N) is 4. The average molecular weight is 420 g/mol. The summed E-state index contributed by atoms with van der Waals surface area (Å²) in [6.07, 6.45) is 9.30. The molecule has 0 aliphatic carbocycles. The Balaban J connectivity index is 1.29. The van der Waals surface area contributed by atoms with E-state index >= 15 is 0 Å². The summed E-state index contributed by atoms with van der Waals surface area (Å²) >= 11 is 1.49. The molecule has 0 radical (unpaired) electrons. The number of carbonyl (C=O) groups excluding carboxylic acids is 1. The molecule has 30 heavy (non-hydrogen) atoms. The number of hydrogen-bond acceptors (Lipinski definition) is 7. The molecule has 2 aromatic heterocycles. The number of benzene rings is 1.